The van der Waals surface area contributed by atoms with Crippen molar-refractivity contribution in [1.82, 2.24) is 19.5 Å². The fourth-order valence-corrected chi connectivity index (χ4v) is 3.70. The highest BCUT2D eigenvalue weighted by Gasteiger charge is 2.19. The molecular weight excluding hydrogens is 356 g/mol. The predicted molar refractivity (Wildman–Crippen MR) is 93.5 cm³/mol. The van der Waals surface area contributed by atoms with E-state index >= 15 is 0 Å². The molecule has 0 saturated carbocycles. The third-order valence-corrected chi connectivity index (χ3v) is 5.34. The lowest BCUT2D eigenvalue weighted by Crippen LogP contribution is -2.27. The standard InChI is InChI=1S/C17H16N4O4S/c1-12(13-5-7-15(8-6-13)21-11-18-10-19-21)20-26(24,25)16-4-2-3-14(9-16)17(22)23/h2-12,20H,1H3,(H,22,23)/t12-/m0/s1. The largest absolute Gasteiger partial charge is 0.478 e. The van der Waals surface area contributed by atoms with Crippen LogP contribution in [0, 0.1) is 0 Å². The van der Waals surface area contributed by atoms with Crippen LogP contribution >= 0.6 is 0 Å². The Kier molecular flexibility index (Phi) is 4.83. The molecule has 0 bridgehead atoms. The molecule has 3 rings (SSSR count). The van der Waals surface area contributed by atoms with Gasteiger partial charge in [0, 0.05) is 6.04 Å². The maximum absolute atomic E-state index is 12.5. The van der Waals surface area contributed by atoms with E-state index in [1.54, 1.807) is 42.2 Å². The molecule has 0 aliphatic rings. The minimum atomic E-state index is -3.86. The summed E-state index contributed by atoms with van der Waals surface area (Å²) in [7, 11) is -3.86. The molecule has 0 saturated heterocycles. The quantitative estimate of drug-likeness (QED) is 0.684. The first kappa shape index (κ1) is 17.8. The Balaban J connectivity index is 1.79. The van der Waals surface area contributed by atoms with Gasteiger partial charge in [0.1, 0.15) is 12.7 Å². The van der Waals surface area contributed by atoms with Gasteiger partial charge < -0.3 is 5.11 Å². The molecule has 26 heavy (non-hydrogen) atoms. The molecular formula is C17H16N4O4S. The number of nitrogens with zero attached hydrogens (tertiary/aromatic N) is 3. The number of aromatic nitrogens is 3. The van der Waals surface area contributed by atoms with Gasteiger partial charge in [0.2, 0.25) is 10.0 Å². The summed E-state index contributed by atoms with van der Waals surface area (Å²) >= 11 is 0. The molecule has 0 aliphatic heterocycles. The summed E-state index contributed by atoms with van der Waals surface area (Å²) in [5.41, 5.74) is 1.47. The minimum Gasteiger partial charge on any atom is -0.478 e. The Morgan fingerprint density at radius 3 is 2.54 bits per heavy atom. The fraction of sp³-hybridized carbons (Fsp3) is 0.118. The number of carbonyl (C=O) groups is 1. The van der Waals surface area contributed by atoms with Crippen LogP contribution in [0.15, 0.2) is 66.1 Å². The van der Waals surface area contributed by atoms with Crippen molar-refractivity contribution in [3.05, 3.63) is 72.3 Å². The van der Waals surface area contributed by atoms with E-state index in [1.807, 2.05) is 0 Å². The molecule has 1 heterocycles. The first-order valence-electron chi connectivity index (χ1n) is 7.67. The van der Waals surface area contributed by atoms with Gasteiger partial charge >= 0.3 is 5.97 Å². The average molecular weight is 372 g/mol. The predicted octanol–water partition coefficient (Wildman–Crippen LogP) is 2.00. The molecule has 0 fully saturated rings. The van der Waals surface area contributed by atoms with Gasteiger partial charge in [0.15, 0.2) is 0 Å². The van der Waals surface area contributed by atoms with Gasteiger partial charge in [0.05, 0.1) is 16.1 Å². The maximum Gasteiger partial charge on any atom is 0.335 e. The second-order valence-corrected chi connectivity index (χ2v) is 7.32. The summed E-state index contributed by atoms with van der Waals surface area (Å²) in [5.74, 6) is -1.18. The summed E-state index contributed by atoms with van der Waals surface area (Å²) in [6.07, 6.45) is 2.99. The topological polar surface area (TPSA) is 114 Å². The maximum atomic E-state index is 12.5. The van der Waals surface area contributed by atoms with E-state index in [4.69, 9.17) is 5.11 Å². The van der Waals surface area contributed by atoms with Crippen LogP contribution in [-0.4, -0.2) is 34.3 Å². The molecule has 0 unspecified atom stereocenters. The highest BCUT2D eigenvalue weighted by Crippen LogP contribution is 2.19. The third-order valence-electron chi connectivity index (χ3n) is 3.80. The molecule has 1 aromatic heterocycles. The summed E-state index contributed by atoms with van der Waals surface area (Å²) < 4.78 is 29.2. The van der Waals surface area contributed by atoms with Crippen molar-refractivity contribution in [3.8, 4) is 5.69 Å². The van der Waals surface area contributed by atoms with Gasteiger partial charge in [-0.15, -0.1) is 0 Å². The second kappa shape index (κ2) is 7.06. The summed E-state index contributed by atoms with van der Waals surface area (Å²) in [6, 6.07) is 11.9. The SMILES string of the molecule is C[C@H](NS(=O)(=O)c1cccc(C(=O)O)c1)c1ccc(-n2cncn2)cc1. The van der Waals surface area contributed by atoms with E-state index in [0.29, 0.717) is 0 Å². The third kappa shape index (κ3) is 3.79. The van der Waals surface area contributed by atoms with Gasteiger partial charge in [-0.25, -0.2) is 27.6 Å². The van der Waals surface area contributed by atoms with Crippen molar-refractivity contribution in [2.75, 3.05) is 0 Å². The molecule has 0 aliphatic carbocycles. The van der Waals surface area contributed by atoms with Gasteiger partial charge in [-0.1, -0.05) is 18.2 Å². The number of carboxylic acids is 1. The van der Waals surface area contributed by atoms with Crippen molar-refractivity contribution in [3.63, 3.8) is 0 Å². The smallest absolute Gasteiger partial charge is 0.335 e. The van der Waals surface area contributed by atoms with Crippen LogP contribution in [0.1, 0.15) is 28.9 Å². The lowest BCUT2D eigenvalue weighted by Gasteiger charge is -2.15. The molecule has 8 nitrogen and oxygen atoms in total. The number of rotatable bonds is 6. The highest BCUT2D eigenvalue weighted by molar-refractivity contribution is 7.89. The molecule has 2 aromatic carbocycles. The van der Waals surface area contributed by atoms with E-state index in [1.165, 1.54) is 24.5 Å². The molecule has 0 radical (unpaired) electrons. The number of hydrogen-bond acceptors (Lipinski definition) is 5. The van der Waals surface area contributed by atoms with Crippen LogP contribution in [0.5, 0.6) is 0 Å². The Bertz CT molecular complexity index is 1020. The van der Waals surface area contributed by atoms with E-state index in [-0.39, 0.29) is 10.5 Å². The number of benzene rings is 2. The molecule has 0 amide bonds. The molecule has 9 heteroatoms. The van der Waals surface area contributed by atoms with Crippen molar-refractivity contribution in [2.24, 2.45) is 0 Å². The highest BCUT2D eigenvalue weighted by atomic mass is 32.2. The molecule has 2 N–H and O–H groups in total. The van der Waals surface area contributed by atoms with Crippen molar-refractivity contribution in [2.45, 2.75) is 17.9 Å². The number of carboxylic acid groups (broad SMARTS) is 1. The minimum absolute atomic E-state index is 0.0855. The van der Waals surface area contributed by atoms with E-state index in [9.17, 15) is 13.2 Å². The van der Waals surface area contributed by atoms with Crippen LogP contribution in [0.3, 0.4) is 0 Å². The lowest BCUT2D eigenvalue weighted by atomic mass is 10.1. The number of aromatic carboxylic acids is 1. The van der Waals surface area contributed by atoms with Crippen LogP contribution < -0.4 is 4.72 Å². The Morgan fingerprint density at radius 2 is 1.92 bits per heavy atom. The first-order valence-corrected chi connectivity index (χ1v) is 9.16. The molecule has 134 valence electrons. The Hall–Kier alpha value is -3.04. The molecule has 0 spiro atoms. The van der Waals surface area contributed by atoms with E-state index in [0.717, 1.165) is 17.3 Å². The first-order chi connectivity index (χ1) is 12.4. The van der Waals surface area contributed by atoms with Crippen molar-refractivity contribution >= 4 is 16.0 Å². The normalized spacial score (nSPS) is 12.7. The number of hydrogen-bond donors (Lipinski definition) is 2. The lowest BCUT2D eigenvalue weighted by molar-refractivity contribution is 0.0696. The summed E-state index contributed by atoms with van der Waals surface area (Å²) in [4.78, 5) is 14.8. The Labute approximate surface area is 150 Å². The molecule has 1 atom stereocenters. The Morgan fingerprint density at radius 1 is 1.19 bits per heavy atom. The summed E-state index contributed by atoms with van der Waals surface area (Å²) in [5, 5.41) is 13.0. The zero-order valence-corrected chi connectivity index (χ0v) is 14.6. The van der Waals surface area contributed by atoms with Gasteiger partial charge in [-0.3, -0.25) is 0 Å². The van der Waals surface area contributed by atoms with Crippen LogP contribution in [0.4, 0.5) is 0 Å². The van der Waals surface area contributed by atoms with Gasteiger partial charge in [0.25, 0.3) is 0 Å². The fourth-order valence-electron chi connectivity index (χ4n) is 2.42. The zero-order valence-electron chi connectivity index (χ0n) is 13.8. The number of sulfonamides is 1. The van der Waals surface area contributed by atoms with Crippen molar-refractivity contribution in [1.29, 1.82) is 0 Å². The monoisotopic (exact) mass is 372 g/mol. The summed E-state index contributed by atoms with van der Waals surface area (Å²) in [6.45, 7) is 1.71. The van der Waals surface area contributed by atoms with Crippen LogP contribution in [0.25, 0.3) is 5.69 Å². The van der Waals surface area contributed by atoms with E-state index in [2.05, 4.69) is 14.8 Å². The van der Waals surface area contributed by atoms with Gasteiger partial charge in [-0.05, 0) is 42.8 Å². The molecule has 3 aromatic rings. The van der Waals surface area contributed by atoms with Gasteiger partial charge in [-0.2, -0.15) is 5.10 Å². The second-order valence-electron chi connectivity index (χ2n) is 5.61. The van der Waals surface area contributed by atoms with Crippen LogP contribution in [0.2, 0.25) is 0 Å². The number of nitrogens with one attached hydrogen (secondary N) is 1. The average Bonchev–Trinajstić information content (AvgIpc) is 3.16. The van der Waals surface area contributed by atoms with Crippen LogP contribution in [-0.2, 0) is 10.0 Å². The zero-order chi connectivity index (χ0) is 18.7. The van der Waals surface area contributed by atoms with Crippen molar-refractivity contribution < 1.29 is 18.3 Å². The van der Waals surface area contributed by atoms with E-state index < -0.39 is 22.0 Å².